The van der Waals surface area contributed by atoms with Crippen LogP contribution in [0.25, 0.3) is 22.3 Å². The summed E-state index contributed by atoms with van der Waals surface area (Å²) in [4.78, 5) is 4.81. The van der Waals surface area contributed by atoms with Gasteiger partial charge in [0.05, 0.1) is 37.0 Å². The van der Waals surface area contributed by atoms with Gasteiger partial charge in [-0.2, -0.15) is 0 Å². The van der Waals surface area contributed by atoms with E-state index in [9.17, 15) is 0 Å². The van der Waals surface area contributed by atoms with Crippen LogP contribution in [0, 0.1) is 0 Å². The first-order chi connectivity index (χ1) is 16.7. The topological polar surface area (TPSA) is 24.9 Å². The molecule has 0 N–H and O–H groups in total. The Balaban J connectivity index is 1.65. The summed E-state index contributed by atoms with van der Waals surface area (Å²) in [6, 6.07) is 29.8. The number of ether oxygens (including phenoxy) is 2. The van der Waals surface area contributed by atoms with Gasteiger partial charge in [-0.3, -0.25) is 0 Å². The molecule has 0 aromatic heterocycles. The lowest BCUT2D eigenvalue weighted by Gasteiger charge is -2.40. The van der Waals surface area contributed by atoms with Crippen LogP contribution in [0.3, 0.4) is 0 Å². The second kappa shape index (κ2) is 9.14. The predicted molar refractivity (Wildman–Crippen MR) is 142 cm³/mol. The number of hydrogen-bond acceptors (Lipinski definition) is 4. The van der Waals surface area contributed by atoms with Gasteiger partial charge in [-0.05, 0) is 61.4 Å². The molecule has 0 fully saturated rings. The molecule has 0 bridgehead atoms. The first kappa shape index (κ1) is 21.9. The number of nitrogens with zero attached hydrogens (tertiary/aromatic N) is 2. The standard InChI is InChI=1S/C30H30N2O2/c1-5-31-25-17-15-22(24-12-8-10-14-30(24)34-4)20-28(25)32(6-2)26-18-16-21(19-27(26)31)23-11-7-9-13-29(23)33-3/h7-20H,5-6H2,1-4H3. The van der Waals surface area contributed by atoms with Gasteiger partial charge in [0.25, 0.3) is 0 Å². The molecule has 0 radical (unpaired) electrons. The maximum Gasteiger partial charge on any atom is 0.126 e. The summed E-state index contributed by atoms with van der Waals surface area (Å²) in [7, 11) is 3.45. The summed E-state index contributed by atoms with van der Waals surface area (Å²) in [6.07, 6.45) is 0. The highest BCUT2D eigenvalue weighted by Crippen LogP contribution is 2.50. The first-order valence-corrected chi connectivity index (χ1v) is 11.8. The lowest BCUT2D eigenvalue weighted by atomic mass is 9.97. The highest BCUT2D eigenvalue weighted by atomic mass is 16.5. The van der Waals surface area contributed by atoms with Crippen LogP contribution < -0.4 is 19.3 Å². The molecule has 0 spiro atoms. The van der Waals surface area contributed by atoms with E-state index in [0.717, 1.165) is 46.8 Å². The molecule has 4 aromatic rings. The van der Waals surface area contributed by atoms with Crippen molar-refractivity contribution in [3.63, 3.8) is 0 Å². The SMILES string of the molecule is CCN1c2ccc(-c3ccccc3OC)cc2N(CC)c2ccc(-c3ccccc3OC)cc21. The van der Waals surface area contributed by atoms with E-state index in [2.05, 4.69) is 84.3 Å². The van der Waals surface area contributed by atoms with Crippen LogP contribution in [0.1, 0.15) is 13.8 Å². The predicted octanol–water partition coefficient (Wildman–Crippen LogP) is 7.67. The lowest BCUT2D eigenvalue weighted by Crippen LogP contribution is -2.29. The van der Waals surface area contributed by atoms with Crippen LogP contribution >= 0.6 is 0 Å². The Hall–Kier alpha value is -3.92. The fraction of sp³-hybridized carbons (Fsp3) is 0.200. The van der Waals surface area contributed by atoms with Crippen LogP contribution in [0.4, 0.5) is 22.7 Å². The molecule has 0 atom stereocenters. The highest BCUT2D eigenvalue weighted by molar-refractivity contribution is 5.97. The summed E-state index contributed by atoms with van der Waals surface area (Å²) >= 11 is 0. The van der Waals surface area contributed by atoms with Crippen molar-refractivity contribution in [3.05, 3.63) is 84.9 Å². The van der Waals surface area contributed by atoms with Gasteiger partial charge in [0.2, 0.25) is 0 Å². The minimum Gasteiger partial charge on any atom is -0.496 e. The van der Waals surface area contributed by atoms with Gasteiger partial charge < -0.3 is 19.3 Å². The van der Waals surface area contributed by atoms with Crippen molar-refractivity contribution in [2.45, 2.75) is 13.8 Å². The zero-order chi connectivity index (χ0) is 23.7. The third-order valence-corrected chi connectivity index (χ3v) is 6.58. The first-order valence-electron chi connectivity index (χ1n) is 11.8. The van der Waals surface area contributed by atoms with Gasteiger partial charge in [0, 0.05) is 24.2 Å². The molecule has 34 heavy (non-hydrogen) atoms. The number of hydrogen-bond donors (Lipinski definition) is 0. The Labute approximate surface area is 202 Å². The second-order valence-corrected chi connectivity index (χ2v) is 8.30. The smallest absolute Gasteiger partial charge is 0.126 e. The minimum atomic E-state index is 0.876. The van der Waals surface area contributed by atoms with Crippen LogP contribution in [-0.4, -0.2) is 27.3 Å². The van der Waals surface area contributed by atoms with Crippen LogP contribution in [0.5, 0.6) is 11.5 Å². The zero-order valence-electron chi connectivity index (χ0n) is 20.2. The van der Waals surface area contributed by atoms with E-state index < -0.39 is 0 Å². The van der Waals surface area contributed by atoms with E-state index in [1.807, 2.05) is 24.3 Å². The molecular formula is C30H30N2O2. The number of anilines is 4. The summed E-state index contributed by atoms with van der Waals surface area (Å²) < 4.78 is 11.3. The van der Waals surface area contributed by atoms with E-state index in [4.69, 9.17) is 9.47 Å². The number of rotatable bonds is 6. The van der Waals surface area contributed by atoms with Crippen molar-refractivity contribution in [1.29, 1.82) is 0 Å². The maximum absolute atomic E-state index is 5.64. The Morgan fingerprint density at radius 3 is 1.32 bits per heavy atom. The Morgan fingerprint density at radius 2 is 0.941 bits per heavy atom. The lowest BCUT2D eigenvalue weighted by molar-refractivity contribution is 0.416. The average molecular weight is 451 g/mol. The molecule has 1 aliphatic rings. The van der Waals surface area contributed by atoms with E-state index >= 15 is 0 Å². The summed E-state index contributed by atoms with van der Waals surface area (Å²) in [6.45, 7) is 6.17. The molecule has 0 saturated heterocycles. The van der Waals surface area contributed by atoms with Crippen molar-refractivity contribution in [2.75, 3.05) is 37.1 Å². The Morgan fingerprint density at radius 1 is 0.529 bits per heavy atom. The second-order valence-electron chi connectivity index (χ2n) is 8.30. The molecule has 0 unspecified atom stereocenters. The summed E-state index contributed by atoms with van der Waals surface area (Å²) in [5.74, 6) is 1.77. The Kier molecular flexibility index (Phi) is 5.89. The Bertz CT molecular complexity index is 1230. The van der Waals surface area contributed by atoms with Crippen molar-refractivity contribution >= 4 is 22.7 Å². The van der Waals surface area contributed by atoms with Gasteiger partial charge in [-0.15, -0.1) is 0 Å². The normalized spacial score (nSPS) is 12.2. The van der Waals surface area contributed by atoms with Gasteiger partial charge >= 0.3 is 0 Å². The number of methoxy groups -OCH3 is 2. The van der Waals surface area contributed by atoms with Crippen molar-refractivity contribution in [3.8, 4) is 33.8 Å². The number of benzene rings is 4. The highest BCUT2D eigenvalue weighted by Gasteiger charge is 2.28. The van der Waals surface area contributed by atoms with Gasteiger partial charge in [-0.1, -0.05) is 48.5 Å². The number of para-hydroxylation sites is 2. The van der Waals surface area contributed by atoms with Gasteiger partial charge in [0.15, 0.2) is 0 Å². The molecule has 172 valence electrons. The third kappa shape index (κ3) is 3.56. The van der Waals surface area contributed by atoms with E-state index in [0.29, 0.717) is 0 Å². The molecule has 5 rings (SSSR count). The summed E-state index contributed by atoms with van der Waals surface area (Å²) in [5, 5.41) is 0. The van der Waals surface area contributed by atoms with Crippen LogP contribution in [0.15, 0.2) is 84.9 Å². The molecule has 0 amide bonds. The molecule has 4 nitrogen and oxygen atoms in total. The van der Waals surface area contributed by atoms with Crippen molar-refractivity contribution in [2.24, 2.45) is 0 Å². The minimum absolute atomic E-state index is 0.876. The fourth-order valence-electron chi connectivity index (χ4n) is 4.98. The van der Waals surface area contributed by atoms with Gasteiger partial charge in [-0.25, -0.2) is 0 Å². The molecule has 4 heteroatoms. The molecule has 4 aromatic carbocycles. The monoisotopic (exact) mass is 450 g/mol. The maximum atomic E-state index is 5.64. The quantitative estimate of drug-likeness (QED) is 0.301. The zero-order valence-corrected chi connectivity index (χ0v) is 20.2. The van der Waals surface area contributed by atoms with Crippen molar-refractivity contribution in [1.82, 2.24) is 0 Å². The van der Waals surface area contributed by atoms with Crippen molar-refractivity contribution < 1.29 is 9.47 Å². The van der Waals surface area contributed by atoms with E-state index in [-0.39, 0.29) is 0 Å². The summed E-state index contributed by atoms with van der Waals surface area (Å²) in [5.41, 5.74) is 9.36. The fourth-order valence-corrected chi connectivity index (χ4v) is 4.98. The third-order valence-electron chi connectivity index (χ3n) is 6.58. The molecule has 0 saturated carbocycles. The number of fused-ring (bicyclic) bond motifs is 2. The van der Waals surface area contributed by atoms with Crippen LogP contribution in [0.2, 0.25) is 0 Å². The van der Waals surface area contributed by atoms with E-state index in [1.54, 1.807) is 14.2 Å². The molecule has 1 aliphatic heterocycles. The molecule has 0 aliphatic carbocycles. The van der Waals surface area contributed by atoms with Gasteiger partial charge in [0.1, 0.15) is 11.5 Å². The molecular weight excluding hydrogens is 420 g/mol. The van der Waals surface area contributed by atoms with E-state index in [1.165, 1.54) is 22.7 Å². The van der Waals surface area contributed by atoms with Crippen LogP contribution in [-0.2, 0) is 0 Å². The molecule has 1 heterocycles. The largest absolute Gasteiger partial charge is 0.496 e. The average Bonchev–Trinajstić information content (AvgIpc) is 2.91.